The Balaban J connectivity index is 1.66. The smallest absolute Gasteiger partial charge is 0.295 e. The summed E-state index contributed by atoms with van der Waals surface area (Å²) in [6.07, 6.45) is 1.30. The number of aliphatic hydroxyl groups excluding tert-OH is 1. The molecular formula is C20H26N4O4. The second kappa shape index (κ2) is 9.38. The number of nitrogen functional groups attached to an aromatic ring is 1. The van der Waals surface area contributed by atoms with E-state index in [9.17, 15) is 15.2 Å². The van der Waals surface area contributed by atoms with Gasteiger partial charge < -0.3 is 25.8 Å². The normalized spacial score (nSPS) is 15.8. The van der Waals surface area contributed by atoms with Gasteiger partial charge in [-0.1, -0.05) is 24.3 Å². The summed E-state index contributed by atoms with van der Waals surface area (Å²) < 4.78 is 5.50. The van der Waals surface area contributed by atoms with Crippen molar-refractivity contribution >= 4 is 17.1 Å². The quantitative estimate of drug-likeness (QED) is 0.276. The Morgan fingerprint density at radius 3 is 2.61 bits per heavy atom. The molecule has 0 saturated carbocycles. The third kappa shape index (κ3) is 4.90. The van der Waals surface area contributed by atoms with Gasteiger partial charge in [-0.05, 0) is 44.1 Å². The Bertz CT molecular complexity index is 781. The van der Waals surface area contributed by atoms with Crippen LogP contribution in [0.4, 0.5) is 17.1 Å². The average molecular weight is 386 g/mol. The van der Waals surface area contributed by atoms with E-state index in [0.717, 1.165) is 31.6 Å². The van der Waals surface area contributed by atoms with E-state index in [4.69, 9.17) is 10.5 Å². The molecule has 4 N–H and O–H groups in total. The van der Waals surface area contributed by atoms with Crippen LogP contribution in [0.25, 0.3) is 0 Å². The Hall–Kier alpha value is -2.84. The highest BCUT2D eigenvalue weighted by molar-refractivity contribution is 5.66. The Morgan fingerprint density at radius 1 is 1.21 bits per heavy atom. The third-order valence-corrected chi connectivity index (χ3v) is 4.96. The number of anilines is 2. The average Bonchev–Trinajstić information content (AvgIpc) is 2.71. The van der Waals surface area contributed by atoms with Gasteiger partial charge in [0.25, 0.3) is 5.69 Å². The molecule has 0 spiro atoms. The van der Waals surface area contributed by atoms with Crippen LogP contribution in [0.2, 0.25) is 0 Å². The summed E-state index contributed by atoms with van der Waals surface area (Å²) in [4.78, 5) is 12.7. The van der Waals surface area contributed by atoms with E-state index in [1.807, 2.05) is 18.2 Å². The van der Waals surface area contributed by atoms with Gasteiger partial charge in [0, 0.05) is 30.8 Å². The zero-order valence-corrected chi connectivity index (χ0v) is 15.7. The lowest BCUT2D eigenvalue weighted by Crippen LogP contribution is -2.44. The zero-order chi connectivity index (χ0) is 19.9. The van der Waals surface area contributed by atoms with Crippen molar-refractivity contribution in [3.8, 4) is 5.75 Å². The number of rotatable bonds is 8. The molecule has 1 heterocycles. The molecule has 1 saturated heterocycles. The van der Waals surface area contributed by atoms with E-state index in [-0.39, 0.29) is 17.1 Å². The molecular weight excluding hydrogens is 360 g/mol. The maximum atomic E-state index is 11.0. The molecule has 1 unspecified atom stereocenters. The Morgan fingerprint density at radius 2 is 1.93 bits per heavy atom. The van der Waals surface area contributed by atoms with Gasteiger partial charge in [0.15, 0.2) is 17.7 Å². The van der Waals surface area contributed by atoms with E-state index in [1.54, 1.807) is 0 Å². The van der Waals surface area contributed by atoms with Gasteiger partial charge >= 0.3 is 0 Å². The molecule has 150 valence electrons. The number of nitro benzene ring substituents is 1. The summed E-state index contributed by atoms with van der Waals surface area (Å²) in [5.74, 6) is 0.120. The van der Waals surface area contributed by atoms with Gasteiger partial charge in [-0.15, -0.1) is 0 Å². The predicted molar refractivity (Wildman–Crippen MR) is 108 cm³/mol. The lowest BCUT2D eigenvalue weighted by atomic mass is 10.0. The second-order valence-corrected chi connectivity index (χ2v) is 6.82. The number of piperidine rings is 1. The second-order valence-electron chi connectivity index (χ2n) is 6.82. The van der Waals surface area contributed by atoms with Gasteiger partial charge in [0.2, 0.25) is 0 Å². The molecule has 2 aromatic carbocycles. The molecule has 0 amide bonds. The molecule has 8 nitrogen and oxygen atoms in total. The molecule has 0 aromatic heterocycles. The summed E-state index contributed by atoms with van der Waals surface area (Å²) in [7, 11) is 0. The van der Waals surface area contributed by atoms with Crippen molar-refractivity contribution in [1.82, 2.24) is 5.32 Å². The first-order valence-electron chi connectivity index (χ1n) is 9.46. The Kier molecular flexibility index (Phi) is 6.67. The molecule has 28 heavy (non-hydrogen) atoms. The number of aliphatic hydroxyl groups is 1. The number of nitro groups is 1. The molecule has 1 aliphatic heterocycles. The summed E-state index contributed by atoms with van der Waals surface area (Å²) in [6.45, 7) is 2.54. The molecule has 2 aromatic rings. The fourth-order valence-electron chi connectivity index (χ4n) is 3.51. The van der Waals surface area contributed by atoms with Crippen molar-refractivity contribution in [3.05, 3.63) is 58.6 Å². The van der Waals surface area contributed by atoms with E-state index in [1.165, 1.54) is 18.2 Å². The maximum absolute atomic E-state index is 11.0. The first-order valence-corrected chi connectivity index (χ1v) is 9.46. The van der Waals surface area contributed by atoms with Gasteiger partial charge in [-0.25, -0.2) is 0 Å². The van der Waals surface area contributed by atoms with Crippen molar-refractivity contribution in [1.29, 1.82) is 0 Å². The lowest BCUT2D eigenvalue weighted by Gasteiger charge is -2.37. The summed E-state index contributed by atoms with van der Waals surface area (Å²) in [5.41, 5.74) is 6.60. The van der Waals surface area contributed by atoms with Gasteiger partial charge in [0.1, 0.15) is 0 Å². The van der Waals surface area contributed by atoms with E-state index in [0.29, 0.717) is 19.0 Å². The van der Waals surface area contributed by atoms with Crippen LogP contribution in [0, 0.1) is 10.1 Å². The van der Waals surface area contributed by atoms with Crippen molar-refractivity contribution in [2.24, 2.45) is 0 Å². The molecule has 0 aliphatic carbocycles. The number of ether oxygens (including phenoxy) is 1. The van der Waals surface area contributed by atoms with Crippen molar-refractivity contribution in [2.45, 2.75) is 31.6 Å². The highest BCUT2D eigenvalue weighted by atomic mass is 16.6. The number of hydrogen-bond donors (Lipinski definition) is 3. The SMILES string of the molecule is Nc1c(OC(O)CCN(c2ccccc2)C2CCNCC2)cccc1[N+](=O)[O-]. The number of nitrogens with zero attached hydrogens (tertiary/aromatic N) is 2. The van der Waals surface area contributed by atoms with Crippen molar-refractivity contribution in [3.63, 3.8) is 0 Å². The summed E-state index contributed by atoms with van der Waals surface area (Å²) in [6, 6.07) is 14.8. The molecule has 1 fully saturated rings. The molecule has 0 radical (unpaired) electrons. The number of benzene rings is 2. The fraction of sp³-hybridized carbons (Fsp3) is 0.400. The first kappa shape index (κ1) is 19.9. The van der Waals surface area contributed by atoms with Gasteiger partial charge in [-0.2, -0.15) is 0 Å². The minimum absolute atomic E-state index is 0.0789. The van der Waals surface area contributed by atoms with Crippen LogP contribution in [-0.4, -0.2) is 42.0 Å². The largest absolute Gasteiger partial charge is 0.463 e. The Labute approximate surface area is 164 Å². The number of nitrogens with two attached hydrogens (primary N) is 1. The highest BCUT2D eigenvalue weighted by Crippen LogP contribution is 2.31. The van der Waals surface area contributed by atoms with Crippen LogP contribution in [0.15, 0.2) is 48.5 Å². The maximum Gasteiger partial charge on any atom is 0.295 e. The lowest BCUT2D eigenvalue weighted by molar-refractivity contribution is -0.384. The molecule has 0 bridgehead atoms. The van der Waals surface area contributed by atoms with Gasteiger partial charge in [-0.3, -0.25) is 10.1 Å². The van der Waals surface area contributed by atoms with Crippen LogP contribution >= 0.6 is 0 Å². The monoisotopic (exact) mass is 386 g/mol. The molecule has 8 heteroatoms. The number of hydrogen-bond acceptors (Lipinski definition) is 7. The number of para-hydroxylation sites is 2. The van der Waals surface area contributed by atoms with Crippen LogP contribution in [0.3, 0.4) is 0 Å². The standard InChI is InChI=1S/C20H26N4O4/c21-20-17(24(26)27)7-4-8-18(20)28-19(25)11-14-23(15-5-2-1-3-6-15)16-9-12-22-13-10-16/h1-8,16,19,22,25H,9-14,21H2. The highest BCUT2D eigenvalue weighted by Gasteiger charge is 2.23. The minimum Gasteiger partial charge on any atom is -0.463 e. The molecule has 1 aliphatic rings. The third-order valence-electron chi connectivity index (χ3n) is 4.96. The van der Waals surface area contributed by atoms with Crippen LogP contribution in [0.1, 0.15) is 19.3 Å². The van der Waals surface area contributed by atoms with E-state index >= 15 is 0 Å². The van der Waals surface area contributed by atoms with Crippen LogP contribution in [-0.2, 0) is 0 Å². The van der Waals surface area contributed by atoms with Crippen LogP contribution in [0.5, 0.6) is 5.75 Å². The topological polar surface area (TPSA) is 114 Å². The molecule has 1 atom stereocenters. The first-order chi connectivity index (χ1) is 13.6. The van der Waals surface area contributed by atoms with Crippen molar-refractivity contribution < 1.29 is 14.8 Å². The van der Waals surface area contributed by atoms with Gasteiger partial charge in [0.05, 0.1) is 4.92 Å². The zero-order valence-electron chi connectivity index (χ0n) is 15.7. The summed E-state index contributed by atoms with van der Waals surface area (Å²) >= 11 is 0. The fourth-order valence-corrected chi connectivity index (χ4v) is 3.51. The van der Waals surface area contributed by atoms with Crippen LogP contribution < -0.4 is 20.7 Å². The predicted octanol–water partition coefficient (Wildman–Crippen LogP) is 2.52. The minimum atomic E-state index is -1.11. The van der Waals surface area contributed by atoms with E-state index < -0.39 is 11.2 Å². The summed E-state index contributed by atoms with van der Waals surface area (Å²) in [5, 5.41) is 24.7. The van der Waals surface area contributed by atoms with Crippen molar-refractivity contribution in [2.75, 3.05) is 30.3 Å². The van der Waals surface area contributed by atoms with E-state index in [2.05, 4.69) is 22.3 Å². The molecule has 3 rings (SSSR count). The number of nitrogens with one attached hydrogen (secondary N) is 1.